The minimum absolute atomic E-state index is 0.00638. The molecule has 0 atom stereocenters. The van der Waals surface area contributed by atoms with Gasteiger partial charge in [-0.2, -0.15) is 13.2 Å². The number of phenols is 1. The predicted molar refractivity (Wildman–Crippen MR) is 91.1 cm³/mol. The van der Waals surface area contributed by atoms with Crippen molar-refractivity contribution in [2.24, 2.45) is 5.16 Å². The SMILES string of the molecule is O=c1[nH]c2ccc(C(F)(F)F)cc2c(-c2cc(Cl)ccc2O)c1/C=N/O. The molecule has 26 heavy (non-hydrogen) atoms. The molecule has 3 N–H and O–H groups in total. The number of halogens is 4. The topological polar surface area (TPSA) is 85.7 Å². The van der Waals surface area contributed by atoms with Gasteiger partial charge in [0.05, 0.1) is 17.3 Å². The van der Waals surface area contributed by atoms with E-state index in [0.29, 0.717) is 0 Å². The predicted octanol–water partition coefficient (Wildman–Crippen LogP) is 4.38. The van der Waals surface area contributed by atoms with Crippen molar-refractivity contribution in [1.29, 1.82) is 0 Å². The number of hydrogen-bond donors (Lipinski definition) is 3. The molecule has 0 radical (unpaired) electrons. The van der Waals surface area contributed by atoms with Crippen molar-refractivity contribution in [3.8, 4) is 16.9 Å². The number of nitrogens with zero attached hydrogens (tertiary/aromatic N) is 1. The van der Waals surface area contributed by atoms with Crippen LogP contribution in [0.25, 0.3) is 22.0 Å². The van der Waals surface area contributed by atoms with Gasteiger partial charge in [0.15, 0.2) is 0 Å². The third-order valence-electron chi connectivity index (χ3n) is 3.79. The van der Waals surface area contributed by atoms with Gasteiger partial charge in [0.25, 0.3) is 5.56 Å². The number of aromatic amines is 1. The van der Waals surface area contributed by atoms with Gasteiger partial charge in [-0.15, -0.1) is 0 Å². The summed E-state index contributed by atoms with van der Waals surface area (Å²) in [5, 5.41) is 22.0. The normalized spacial score (nSPS) is 12.2. The zero-order valence-electron chi connectivity index (χ0n) is 12.8. The summed E-state index contributed by atoms with van der Waals surface area (Å²) >= 11 is 5.93. The fourth-order valence-electron chi connectivity index (χ4n) is 2.66. The monoisotopic (exact) mass is 382 g/mol. The molecular formula is C17H10ClF3N2O3. The molecule has 0 amide bonds. The van der Waals surface area contributed by atoms with Crippen molar-refractivity contribution < 1.29 is 23.5 Å². The summed E-state index contributed by atoms with van der Waals surface area (Å²) in [5.74, 6) is -0.300. The van der Waals surface area contributed by atoms with Crippen LogP contribution in [0.4, 0.5) is 13.2 Å². The number of hydrogen-bond acceptors (Lipinski definition) is 4. The van der Waals surface area contributed by atoms with Gasteiger partial charge < -0.3 is 15.3 Å². The van der Waals surface area contributed by atoms with E-state index in [1.807, 2.05) is 0 Å². The third-order valence-corrected chi connectivity index (χ3v) is 4.03. The fourth-order valence-corrected chi connectivity index (χ4v) is 2.84. The summed E-state index contributed by atoms with van der Waals surface area (Å²) in [6.45, 7) is 0. The summed E-state index contributed by atoms with van der Waals surface area (Å²) < 4.78 is 39.3. The van der Waals surface area contributed by atoms with Gasteiger partial charge in [0.1, 0.15) is 5.75 Å². The molecule has 0 saturated carbocycles. The summed E-state index contributed by atoms with van der Waals surface area (Å²) in [4.78, 5) is 14.7. The molecule has 0 unspecified atom stereocenters. The average molecular weight is 383 g/mol. The second-order valence-electron chi connectivity index (χ2n) is 5.41. The van der Waals surface area contributed by atoms with E-state index in [2.05, 4.69) is 10.1 Å². The van der Waals surface area contributed by atoms with Crippen LogP contribution in [0, 0.1) is 0 Å². The maximum absolute atomic E-state index is 13.1. The molecule has 1 aromatic heterocycles. The molecule has 5 nitrogen and oxygen atoms in total. The van der Waals surface area contributed by atoms with Crippen molar-refractivity contribution in [2.45, 2.75) is 6.18 Å². The smallest absolute Gasteiger partial charge is 0.416 e. The summed E-state index contributed by atoms with van der Waals surface area (Å²) in [7, 11) is 0. The first kappa shape index (κ1) is 17.8. The van der Waals surface area contributed by atoms with E-state index in [9.17, 15) is 23.1 Å². The Hall–Kier alpha value is -3.00. The number of pyridine rings is 1. The summed E-state index contributed by atoms with van der Waals surface area (Å²) in [5.41, 5.74) is -1.75. The minimum Gasteiger partial charge on any atom is -0.507 e. The number of H-pyrrole nitrogens is 1. The molecule has 2 aromatic carbocycles. The molecule has 0 aliphatic rings. The van der Waals surface area contributed by atoms with E-state index in [1.54, 1.807) is 0 Å². The zero-order chi connectivity index (χ0) is 19.1. The van der Waals surface area contributed by atoms with Crippen LogP contribution in [0.15, 0.2) is 46.3 Å². The number of rotatable bonds is 2. The van der Waals surface area contributed by atoms with Crippen LogP contribution in [0.3, 0.4) is 0 Å². The first-order valence-electron chi connectivity index (χ1n) is 7.16. The highest BCUT2D eigenvalue weighted by molar-refractivity contribution is 6.31. The number of alkyl halides is 3. The number of oxime groups is 1. The molecule has 3 rings (SSSR count). The lowest BCUT2D eigenvalue weighted by Gasteiger charge is -2.14. The summed E-state index contributed by atoms with van der Waals surface area (Å²) in [6.07, 6.45) is -3.82. The van der Waals surface area contributed by atoms with Gasteiger partial charge >= 0.3 is 6.18 Å². The van der Waals surface area contributed by atoms with E-state index in [0.717, 1.165) is 24.4 Å². The van der Waals surface area contributed by atoms with Crippen molar-refractivity contribution in [3.05, 3.63) is 62.9 Å². The lowest BCUT2D eigenvalue weighted by molar-refractivity contribution is -0.137. The molecule has 3 aromatic rings. The Morgan fingerprint density at radius 1 is 1.15 bits per heavy atom. The fraction of sp³-hybridized carbons (Fsp3) is 0.0588. The second-order valence-corrected chi connectivity index (χ2v) is 5.84. The average Bonchev–Trinajstić information content (AvgIpc) is 2.57. The molecule has 0 fully saturated rings. The first-order valence-corrected chi connectivity index (χ1v) is 7.53. The Bertz CT molecular complexity index is 1090. The van der Waals surface area contributed by atoms with E-state index < -0.39 is 17.3 Å². The van der Waals surface area contributed by atoms with Gasteiger partial charge in [0.2, 0.25) is 0 Å². The van der Waals surface area contributed by atoms with Crippen LogP contribution < -0.4 is 5.56 Å². The number of aromatic nitrogens is 1. The van der Waals surface area contributed by atoms with Crippen molar-refractivity contribution in [1.82, 2.24) is 4.98 Å². The number of nitrogens with one attached hydrogen (secondary N) is 1. The van der Waals surface area contributed by atoms with E-state index in [1.165, 1.54) is 18.2 Å². The lowest BCUT2D eigenvalue weighted by Crippen LogP contribution is -2.15. The highest BCUT2D eigenvalue weighted by Gasteiger charge is 2.31. The Morgan fingerprint density at radius 2 is 1.88 bits per heavy atom. The number of benzene rings is 2. The third kappa shape index (κ3) is 3.11. The van der Waals surface area contributed by atoms with Crippen LogP contribution in [-0.2, 0) is 6.18 Å². The van der Waals surface area contributed by atoms with E-state index in [-0.39, 0.29) is 38.4 Å². The Balaban J connectivity index is 2.52. The minimum atomic E-state index is -4.61. The zero-order valence-corrected chi connectivity index (χ0v) is 13.6. The standard InChI is InChI=1S/C17H10ClF3N2O3/c18-9-2-4-14(24)11(6-9)15-10-5-8(17(19,20)21)1-3-13(10)23-16(25)12(15)7-22-26/h1-7,24,26H,(H,23,25)/b22-7+. The molecular weight excluding hydrogens is 373 g/mol. The Labute approximate surface area is 149 Å². The molecule has 0 bridgehead atoms. The highest BCUT2D eigenvalue weighted by atomic mass is 35.5. The van der Waals surface area contributed by atoms with Gasteiger partial charge in [-0.3, -0.25) is 4.79 Å². The van der Waals surface area contributed by atoms with Crippen molar-refractivity contribution in [3.63, 3.8) is 0 Å². The van der Waals surface area contributed by atoms with Crippen LogP contribution in [-0.4, -0.2) is 21.5 Å². The maximum Gasteiger partial charge on any atom is 0.416 e. The quantitative estimate of drug-likeness (QED) is 0.349. The Morgan fingerprint density at radius 3 is 2.54 bits per heavy atom. The van der Waals surface area contributed by atoms with Crippen LogP contribution >= 0.6 is 11.6 Å². The van der Waals surface area contributed by atoms with Gasteiger partial charge in [-0.25, -0.2) is 0 Å². The van der Waals surface area contributed by atoms with Gasteiger partial charge in [-0.05, 0) is 36.4 Å². The van der Waals surface area contributed by atoms with E-state index in [4.69, 9.17) is 16.8 Å². The van der Waals surface area contributed by atoms with Crippen LogP contribution in [0.5, 0.6) is 5.75 Å². The first-order chi connectivity index (χ1) is 12.2. The molecule has 9 heteroatoms. The number of fused-ring (bicyclic) bond motifs is 1. The number of phenolic OH excluding ortho intramolecular Hbond substituents is 1. The molecule has 1 heterocycles. The summed E-state index contributed by atoms with van der Waals surface area (Å²) in [6, 6.07) is 6.73. The molecule has 0 saturated heterocycles. The van der Waals surface area contributed by atoms with Crippen LogP contribution in [0.1, 0.15) is 11.1 Å². The molecule has 134 valence electrons. The van der Waals surface area contributed by atoms with E-state index >= 15 is 0 Å². The van der Waals surface area contributed by atoms with Crippen molar-refractivity contribution in [2.75, 3.05) is 0 Å². The molecule has 0 aliphatic heterocycles. The molecule has 0 spiro atoms. The Kier molecular flexibility index (Phi) is 4.37. The maximum atomic E-state index is 13.1. The second kappa shape index (κ2) is 6.38. The highest BCUT2D eigenvalue weighted by Crippen LogP contribution is 2.39. The largest absolute Gasteiger partial charge is 0.507 e. The lowest BCUT2D eigenvalue weighted by atomic mass is 9.94. The van der Waals surface area contributed by atoms with Crippen molar-refractivity contribution >= 4 is 28.7 Å². The molecule has 0 aliphatic carbocycles. The van der Waals surface area contributed by atoms with Gasteiger partial charge in [-0.1, -0.05) is 16.8 Å². The number of aromatic hydroxyl groups is 1. The van der Waals surface area contributed by atoms with Gasteiger partial charge in [0, 0.05) is 27.1 Å². The van der Waals surface area contributed by atoms with Crippen LogP contribution in [0.2, 0.25) is 5.02 Å².